The number of aryl methyl sites for hydroxylation is 1. The molecule has 0 radical (unpaired) electrons. The summed E-state index contributed by atoms with van der Waals surface area (Å²) in [5.41, 5.74) is 1.07. The lowest BCUT2D eigenvalue weighted by molar-refractivity contribution is -0.896. The Morgan fingerprint density at radius 1 is 1.28 bits per heavy atom. The third-order valence-electron chi connectivity index (χ3n) is 4.75. The number of benzene rings is 1. The van der Waals surface area contributed by atoms with Crippen LogP contribution in [0.4, 0.5) is 8.78 Å². The second kappa shape index (κ2) is 7.17. The number of nitrogens with zero attached hydrogens (tertiary/aromatic N) is 2. The highest BCUT2D eigenvalue weighted by molar-refractivity contribution is 7.17. The van der Waals surface area contributed by atoms with Crippen LogP contribution in [0.1, 0.15) is 28.2 Å². The van der Waals surface area contributed by atoms with Crippen LogP contribution in [0.5, 0.6) is 0 Å². The molecule has 0 bridgehead atoms. The lowest BCUT2D eigenvalue weighted by Crippen LogP contribution is -2.46. The van der Waals surface area contributed by atoms with E-state index in [2.05, 4.69) is 17.3 Å². The highest BCUT2D eigenvalue weighted by Crippen LogP contribution is 2.29. The fraction of sp³-hybridized carbons (Fsp3) is 0.444. The zero-order valence-corrected chi connectivity index (χ0v) is 15.3. The van der Waals surface area contributed by atoms with Crippen LogP contribution in [0.25, 0.3) is 10.6 Å². The van der Waals surface area contributed by atoms with Crippen LogP contribution in [0.15, 0.2) is 18.2 Å². The summed E-state index contributed by atoms with van der Waals surface area (Å²) in [5, 5.41) is 3.47. The number of carbonyl (C=O) groups excluding carboxylic acids is 1. The lowest BCUT2D eigenvalue weighted by Gasteiger charge is -2.29. The molecule has 3 rings (SSSR count). The van der Waals surface area contributed by atoms with Gasteiger partial charge in [-0.25, -0.2) is 13.8 Å². The minimum absolute atomic E-state index is 0.158. The first-order chi connectivity index (χ1) is 11.9. The average Bonchev–Trinajstić information content (AvgIpc) is 3.16. The maximum atomic E-state index is 13.4. The summed E-state index contributed by atoms with van der Waals surface area (Å²) in [5.74, 6) is -1.97. The molecule has 0 atom stereocenters. The predicted octanol–water partition coefficient (Wildman–Crippen LogP) is 3.37. The Labute approximate surface area is 150 Å². The van der Waals surface area contributed by atoms with Gasteiger partial charge in [-0.3, -0.25) is 4.79 Å². The maximum absolute atomic E-state index is 13.4. The SMILES string of the molecule is Cc1nc(-c2ccc(F)c(F)c2)sc1C(=O)NCC[N+]1(C)CCCC1. The fourth-order valence-electron chi connectivity index (χ4n) is 3.20. The minimum Gasteiger partial charge on any atom is -0.346 e. The Morgan fingerprint density at radius 2 is 2.00 bits per heavy atom. The molecule has 25 heavy (non-hydrogen) atoms. The van der Waals surface area contributed by atoms with Crippen molar-refractivity contribution in [2.45, 2.75) is 19.8 Å². The number of hydrogen-bond acceptors (Lipinski definition) is 3. The van der Waals surface area contributed by atoms with Gasteiger partial charge in [0.05, 0.1) is 38.9 Å². The molecule has 0 spiro atoms. The normalized spacial score (nSPS) is 16.2. The van der Waals surface area contributed by atoms with Crippen molar-refractivity contribution in [3.8, 4) is 10.6 Å². The smallest absolute Gasteiger partial charge is 0.263 e. The van der Waals surface area contributed by atoms with E-state index in [1.807, 2.05) is 0 Å². The molecule has 1 fully saturated rings. The van der Waals surface area contributed by atoms with Gasteiger partial charge in [0.15, 0.2) is 11.6 Å². The number of thiazole rings is 1. The van der Waals surface area contributed by atoms with Gasteiger partial charge < -0.3 is 9.80 Å². The Bertz CT molecular complexity index is 785. The van der Waals surface area contributed by atoms with Crippen LogP contribution in [-0.4, -0.2) is 48.6 Å². The van der Waals surface area contributed by atoms with Crippen molar-refractivity contribution in [3.63, 3.8) is 0 Å². The van der Waals surface area contributed by atoms with Gasteiger partial charge in [-0.1, -0.05) is 0 Å². The second-order valence-corrected chi connectivity index (χ2v) is 7.81. The van der Waals surface area contributed by atoms with Crippen LogP contribution in [0.2, 0.25) is 0 Å². The molecular formula is C18H22F2N3OS+. The van der Waals surface area contributed by atoms with Gasteiger partial charge in [-0.15, -0.1) is 11.3 Å². The summed E-state index contributed by atoms with van der Waals surface area (Å²) < 4.78 is 27.5. The van der Waals surface area contributed by atoms with Gasteiger partial charge in [0.2, 0.25) is 0 Å². The van der Waals surface area contributed by atoms with Crippen LogP contribution >= 0.6 is 11.3 Å². The summed E-state index contributed by atoms with van der Waals surface area (Å²) in [6.45, 7) is 5.61. The molecule has 1 aliphatic heterocycles. The van der Waals surface area contributed by atoms with E-state index < -0.39 is 11.6 Å². The Morgan fingerprint density at radius 3 is 2.68 bits per heavy atom. The summed E-state index contributed by atoms with van der Waals surface area (Å²) in [6.07, 6.45) is 2.49. The number of aromatic nitrogens is 1. The van der Waals surface area contributed by atoms with Crippen molar-refractivity contribution >= 4 is 17.2 Å². The second-order valence-electron chi connectivity index (χ2n) is 6.82. The molecule has 0 saturated carbocycles. The molecular weight excluding hydrogens is 344 g/mol. The highest BCUT2D eigenvalue weighted by atomic mass is 32.1. The van der Waals surface area contributed by atoms with Gasteiger partial charge in [0.25, 0.3) is 5.91 Å². The molecule has 2 aromatic rings. The van der Waals surface area contributed by atoms with Gasteiger partial charge in [0, 0.05) is 18.4 Å². The molecule has 2 heterocycles. The molecule has 1 aliphatic rings. The van der Waals surface area contributed by atoms with E-state index in [9.17, 15) is 13.6 Å². The van der Waals surface area contributed by atoms with Crippen LogP contribution < -0.4 is 5.32 Å². The number of halogens is 2. The van der Waals surface area contributed by atoms with E-state index in [1.165, 1.54) is 30.2 Å². The lowest BCUT2D eigenvalue weighted by atomic mass is 10.2. The zero-order valence-electron chi connectivity index (χ0n) is 14.4. The molecule has 134 valence electrons. The van der Waals surface area contributed by atoms with Crippen molar-refractivity contribution in [2.75, 3.05) is 33.2 Å². The van der Waals surface area contributed by atoms with E-state index in [-0.39, 0.29) is 5.91 Å². The topological polar surface area (TPSA) is 42.0 Å². The first-order valence-corrected chi connectivity index (χ1v) is 9.24. The summed E-state index contributed by atoms with van der Waals surface area (Å²) >= 11 is 1.20. The van der Waals surface area contributed by atoms with Crippen molar-refractivity contribution in [1.82, 2.24) is 10.3 Å². The number of likely N-dealkylation sites (N-methyl/N-ethyl adjacent to an activating group) is 1. The summed E-state index contributed by atoms with van der Waals surface area (Å²) in [6, 6.07) is 3.64. The number of carbonyl (C=O) groups is 1. The first-order valence-electron chi connectivity index (χ1n) is 8.43. The van der Waals surface area contributed by atoms with E-state index in [1.54, 1.807) is 6.92 Å². The van der Waals surface area contributed by atoms with Crippen LogP contribution in [-0.2, 0) is 0 Å². The first kappa shape index (κ1) is 17.9. The number of rotatable bonds is 5. The van der Waals surface area contributed by atoms with Crippen molar-refractivity contribution in [1.29, 1.82) is 0 Å². The van der Waals surface area contributed by atoms with E-state index in [0.29, 0.717) is 27.7 Å². The largest absolute Gasteiger partial charge is 0.346 e. The Balaban J connectivity index is 1.67. The quantitative estimate of drug-likeness (QED) is 0.825. The van der Waals surface area contributed by atoms with E-state index in [0.717, 1.165) is 36.3 Å². The Kier molecular flexibility index (Phi) is 5.15. The molecule has 4 nitrogen and oxygen atoms in total. The fourth-order valence-corrected chi connectivity index (χ4v) is 4.18. The number of likely N-dealkylation sites (tertiary alicyclic amines) is 1. The maximum Gasteiger partial charge on any atom is 0.263 e. The molecule has 1 N–H and O–H groups in total. The number of quaternary nitrogens is 1. The highest BCUT2D eigenvalue weighted by Gasteiger charge is 2.26. The minimum atomic E-state index is -0.918. The van der Waals surface area contributed by atoms with Crippen molar-refractivity contribution in [2.24, 2.45) is 0 Å². The number of nitrogens with one attached hydrogen (secondary N) is 1. The molecule has 1 aromatic heterocycles. The molecule has 0 aliphatic carbocycles. The molecule has 1 aromatic carbocycles. The van der Waals surface area contributed by atoms with Crippen LogP contribution in [0, 0.1) is 18.6 Å². The van der Waals surface area contributed by atoms with Gasteiger partial charge in [0.1, 0.15) is 9.88 Å². The standard InChI is InChI=1S/C18H21F2N3OS/c1-12-16(17(24)21-7-10-23(2)8-3-4-9-23)25-18(22-12)13-5-6-14(19)15(20)11-13/h5-6,11H,3-4,7-10H2,1-2H3/p+1. The molecule has 1 saturated heterocycles. The van der Waals surface area contributed by atoms with E-state index in [4.69, 9.17) is 0 Å². The monoisotopic (exact) mass is 366 g/mol. The molecule has 0 unspecified atom stereocenters. The molecule has 7 heteroatoms. The van der Waals surface area contributed by atoms with Gasteiger partial charge >= 0.3 is 0 Å². The van der Waals surface area contributed by atoms with Crippen LogP contribution in [0.3, 0.4) is 0 Å². The van der Waals surface area contributed by atoms with Crippen molar-refractivity contribution < 1.29 is 18.1 Å². The average molecular weight is 366 g/mol. The van der Waals surface area contributed by atoms with Gasteiger partial charge in [-0.2, -0.15) is 0 Å². The summed E-state index contributed by atoms with van der Waals surface area (Å²) in [4.78, 5) is 17.3. The third kappa shape index (κ3) is 4.04. The zero-order chi connectivity index (χ0) is 18.0. The third-order valence-corrected chi connectivity index (χ3v) is 5.96. The summed E-state index contributed by atoms with van der Waals surface area (Å²) in [7, 11) is 2.22. The predicted molar refractivity (Wildman–Crippen MR) is 94.6 cm³/mol. The Hall–Kier alpha value is -1.86. The molecule has 1 amide bonds. The number of hydrogen-bond donors (Lipinski definition) is 1. The number of amides is 1. The van der Waals surface area contributed by atoms with E-state index >= 15 is 0 Å². The van der Waals surface area contributed by atoms with Crippen molar-refractivity contribution in [3.05, 3.63) is 40.4 Å². The van der Waals surface area contributed by atoms with Gasteiger partial charge in [-0.05, 0) is 25.1 Å².